The van der Waals surface area contributed by atoms with Crippen LogP contribution in [-0.4, -0.2) is 19.7 Å². The van der Waals surface area contributed by atoms with Gasteiger partial charge in [-0.05, 0) is 25.5 Å². The van der Waals surface area contributed by atoms with E-state index in [0.29, 0.717) is 6.54 Å². The minimum atomic E-state index is 0.662. The Balaban J connectivity index is 1.73. The molecule has 4 aromatic rings. The van der Waals surface area contributed by atoms with Gasteiger partial charge in [-0.2, -0.15) is 5.10 Å². The van der Waals surface area contributed by atoms with Crippen LogP contribution in [0.4, 0.5) is 5.82 Å². The number of hydrogen-bond donors (Lipinski definition) is 1. The molecule has 5 nitrogen and oxygen atoms in total. The first-order valence-electron chi connectivity index (χ1n) is 8.00. The molecule has 24 heavy (non-hydrogen) atoms. The summed E-state index contributed by atoms with van der Waals surface area (Å²) in [7, 11) is 2.05. The van der Waals surface area contributed by atoms with E-state index in [1.54, 1.807) is 0 Å². The molecule has 0 bridgehead atoms. The molecule has 0 unspecified atom stereocenters. The third-order valence-electron chi connectivity index (χ3n) is 4.56. The first-order valence-corrected chi connectivity index (χ1v) is 8.00. The topological polar surface area (TPSA) is 55.6 Å². The largest absolute Gasteiger partial charge is 0.364 e. The molecule has 0 aliphatic rings. The average molecular weight is 317 g/mol. The molecule has 0 saturated heterocycles. The monoisotopic (exact) mass is 317 g/mol. The van der Waals surface area contributed by atoms with Crippen molar-refractivity contribution in [1.82, 2.24) is 19.7 Å². The van der Waals surface area contributed by atoms with Gasteiger partial charge in [-0.25, -0.2) is 0 Å². The minimum absolute atomic E-state index is 0.662. The molecule has 0 aliphatic carbocycles. The third-order valence-corrected chi connectivity index (χ3v) is 4.56. The number of pyridine rings is 1. The molecule has 0 radical (unpaired) electrons. The average Bonchev–Trinajstić information content (AvgIpc) is 2.90. The summed E-state index contributed by atoms with van der Waals surface area (Å²) in [6, 6.07) is 10.3. The van der Waals surface area contributed by atoms with Crippen LogP contribution in [-0.2, 0) is 13.6 Å². The summed E-state index contributed by atoms with van der Waals surface area (Å²) in [5.41, 5.74) is 4.33. The highest BCUT2D eigenvalue weighted by atomic mass is 15.2. The normalized spacial score (nSPS) is 11.3. The van der Waals surface area contributed by atoms with E-state index in [2.05, 4.69) is 62.5 Å². The lowest BCUT2D eigenvalue weighted by Crippen LogP contribution is -2.04. The van der Waals surface area contributed by atoms with Crippen molar-refractivity contribution in [1.29, 1.82) is 0 Å². The van der Waals surface area contributed by atoms with Crippen LogP contribution >= 0.6 is 0 Å². The highest BCUT2D eigenvalue weighted by Crippen LogP contribution is 2.27. The van der Waals surface area contributed by atoms with Crippen molar-refractivity contribution in [2.24, 2.45) is 7.05 Å². The van der Waals surface area contributed by atoms with Gasteiger partial charge in [0.25, 0.3) is 0 Å². The van der Waals surface area contributed by atoms with Crippen LogP contribution in [0.2, 0.25) is 0 Å². The molecular formula is C19H19N5. The molecule has 1 aromatic carbocycles. The predicted octanol–water partition coefficient (Wildman–Crippen LogP) is 3.75. The molecule has 1 N–H and O–H groups in total. The first kappa shape index (κ1) is 14.6. The van der Waals surface area contributed by atoms with E-state index in [0.717, 1.165) is 33.4 Å². The summed E-state index contributed by atoms with van der Waals surface area (Å²) in [6.45, 7) is 4.77. The summed E-state index contributed by atoms with van der Waals surface area (Å²) in [4.78, 5) is 4.51. The Hall–Kier alpha value is -2.95. The fourth-order valence-corrected chi connectivity index (χ4v) is 3.21. The number of aromatic nitrogens is 4. The summed E-state index contributed by atoms with van der Waals surface area (Å²) < 4.78 is 2.12. The van der Waals surface area contributed by atoms with Gasteiger partial charge in [0, 0.05) is 47.8 Å². The Morgan fingerprint density at radius 2 is 1.92 bits per heavy atom. The molecule has 0 atom stereocenters. The molecule has 0 aliphatic heterocycles. The Morgan fingerprint density at radius 3 is 2.79 bits per heavy atom. The molecule has 0 spiro atoms. The van der Waals surface area contributed by atoms with Gasteiger partial charge in [0.05, 0.1) is 11.2 Å². The maximum Gasteiger partial charge on any atom is 0.158 e. The molecule has 3 heterocycles. The van der Waals surface area contributed by atoms with Crippen LogP contribution in [0.1, 0.15) is 17.0 Å². The number of anilines is 1. The van der Waals surface area contributed by atoms with Crippen molar-refractivity contribution in [2.45, 2.75) is 20.4 Å². The van der Waals surface area contributed by atoms with E-state index in [-0.39, 0.29) is 0 Å². The summed E-state index contributed by atoms with van der Waals surface area (Å²) in [6.07, 6.45) is 3.94. The lowest BCUT2D eigenvalue weighted by atomic mass is 10.1. The Bertz CT molecular complexity index is 1040. The summed E-state index contributed by atoms with van der Waals surface area (Å²) in [5.74, 6) is 0.812. The van der Waals surface area contributed by atoms with Gasteiger partial charge in [-0.15, -0.1) is 5.10 Å². The van der Waals surface area contributed by atoms with Crippen LogP contribution in [0.25, 0.3) is 21.7 Å². The fourth-order valence-electron chi connectivity index (χ4n) is 3.21. The lowest BCUT2D eigenvalue weighted by molar-refractivity contribution is 0.888. The van der Waals surface area contributed by atoms with Crippen LogP contribution in [0.3, 0.4) is 0 Å². The first-order chi connectivity index (χ1) is 11.6. The number of fused-ring (bicyclic) bond motifs is 2. The zero-order valence-corrected chi connectivity index (χ0v) is 14.0. The second-order valence-corrected chi connectivity index (χ2v) is 6.09. The molecular weight excluding hydrogens is 298 g/mol. The number of hydrogen-bond acceptors (Lipinski definition) is 4. The van der Waals surface area contributed by atoms with Gasteiger partial charge in [-0.3, -0.25) is 4.98 Å². The number of nitrogens with one attached hydrogen (secondary N) is 1. The molecule has 5 heteroatoms. The third kappa shape index (κ3) is 2.29. The van der Waals surface area contributed by atoms with Gasteiger partial charge in [-0.1, -0.05) is 24.3 Å². The van der Waals surface area contributed by atoms with Crippen molar-refractivity contribution in [2.75, 3.05) is 5.32 Å². The van der Waals surface area contributed by atoms with Crippen LogP contribution < -0.4 is 5.32 Å². The van der Waals surface area contributed by atoms with Crippen molar-refractivity contribution in [3.63, 3.8) is 0 Å². The van der Waals surface area contributed by atoms with Gasteiger partial charge in [0.2, 0.25) is 0 Å². The van der Waals surface area contributed by atoms with Crippen molar-refractivity contribution < 1.29 is 0 Å². The zero-order valence-electron chi connectivity index (χ0n) is 14.0. The highest BCUT2D eigenvalue weighted by molar-refractivity contribution is 5.95. The van der Waals surface area contributed by atoms with Gasteiger partial charge in [0.1, 0.15) is 0 Å². The number of nitrogens with zero attached hydrogens (tertiary/aromatic N) is 4. The summed E-state index contributed by atoms with van der Waals surface area (Å²) >= 11 is 0. The number of rotatable bonds is 3. The molecule has 0 amide bonds. The molecule has 4 rings (SSSR count). The van der Waals surface area contributed by atoms with E-state index in [9.17, 15) is 0 Å². The highest BCUT2D eigenvalue weighted by Gasteiger charge is 2.12. The van der Waals surface area contributed by atoms with E-state index in [1.807, 2.05) is 26.2 Å². The summed E-state index contributed by atoms with van der Waals surface area (Å²) in [5, 5.41) is 15.5. The lowest BCUT2D eigenvalue weighted by Gasteiger charge is -2.09. The fraction of sp³-hybridized carbons (Fsp3) is 0.211. The SMILES string of the molecule is Cc1nnc(NCc2cccc3cccnc23)c2cn(C)c(C)c12. The second-order valence-electron chi connectivity index (χ2n) is 6.09. The van der Waals surface area contributed by atoms with Crippen LogP contribution in [0.5, 0.6) is 0 Å². The van der Waals surface area contributed by atoms with Gasteiger partial charge >= 0.3 is 0 Å². The number of aryl methyl sites for hydroxylation is 3. The second kappa shape index (κ2) is 5.60. The maximum atomic E-state index is 4.51. The standard InChI is InChI=1S/C19H19N5/c1-12-17-13(2)24(3)11-16(17)19(23-22-12)21-10-15-7-4-6-14-8-5-9-20-18(14)15/h4-9,11H,10H2,1-3H3,(H,21,23). The van der Waals surface area contributed by atoms with Crippen molar-refractivity contribution >= 4 is 27.5 Å². The predicted molar refractivity (Wildman–Crippen MR) is 97.1 cm³/mol. The van der Waals surface area contributed by atoms with Crippen molar-refractivity contribution in [3.05, 3.63) is 59.7 Å². The Labute approximate surface area is 140 Å². The smallest absolute Gasteiger partial charge is 0.158 e. The van der Waals surface area contributed by atoms with E-state index >= 15 is 0 Å². The van der Waals surface area contributed by atoms with Gasteiger partial charge < -0.3 is 9.88 Å². The van der Waals surface area contributed by atoms with Crippen LogP contribution in [0.15, 0.2) is 42.7 Å². The zero-order chi connectivity index (χ0) is 16.7. The molecule has 120 valence electrons. The minimum Gasteiger partial charge on any atom is -0.364 e. The molecule has 0 saturated carbocycles. The van der Waals surface area contributed by atoms with E-state index in [1.165, 1.54) is 11.1 Å². The van der Waals surface area contributed by atoms with E-state index < -0.39 is 0 Å². The van der Waals surface area contributed by atoms with Gasteiger partial charge in [0.15, 0.2) is 5.82 Å². The molecule has 0 fully saturated rings. The Kier molecular flexibility index (Phi) is 3.41. The Morgan fingerprint density at radius 1 is 1.08 bits per heavy atom. The van der Waals surface area contributed by atoms with Crippen LogP contribution in [0, 0.1) is 13.8 Å². The maximum absolute atomic E-state index is 4.51. The van der Waals surface area contributed by atoms with Crippen molar-refractivity contribution in [3.8, 4) is 0 Å². The quantitative estimate of drug-likeness (QED) is 0.625. The van der Waals surface area contributed by atoms with E-state index in [4.69, 9.17) is 0 Å². The molecule has 3 aromatic heterocycles. The number of para-hydroxylation sites is 1. The number of benzene rings is 1.